The fourth-order valence-corrected chi connectivity index (χ4v) is 3.23. The van der Waals surface area contributed by atoms with Gasteiger partial charge in [0, 0.05) is 24.1 Å². The molecule has 2 aromatic heterocycles. The van der Waals surface area contributed by atoms with Gasteiger partial charge in [-0.2, -0.15) is 8.42 Å². The Labute approximate surface area is 175 Å². The Morgan fingerprint density at radius 1 is 1.35 bits per heavy atom. The van der Waals surface area contributed by atoms with Crippen molar-refractivity contribution in [1.82, 2.24) is 9.38 Å². The number of rotatable bonds is 6. The van der Waals surface area contributed by atoms with Crippen LogP contribution in [0.25, 0.3) is 5.65 Å². The van der Waals surface area contributed by atoms with E-state index >= 15 is 0 Å². The summed E-state index contributed by atoms with van der Waals surface area (Å²) in [6.45, 7) is 0.153. The van der Waals surface area contributed by atoms with Crippen LogP contribution in [-0.2, 0) is 17.0 Å². The number of aromatic nitrogens is 2. The van der Waals surface area contributed by atoms with Crippen LogP contribution in [0.2, 0.25) is 0 Å². The molecule has 1 aliphatic carbocycles. The van der Waals surface area contributed by atoms with E-state index in [0.29, 0.717) is 17.3 Å². The summed E-state index contributed by atoms with van der Waals surface area (Å²) < 4.78 is 43.9. The summed E-state index contributed by atoms with van der Waals surface area (Å²) in [5.74, 6) is -0.489. The zero-order valence-electron chi connectivity index (χ0n) is 15.7. The number of nitrogens with one attached hydrogen (secondary N) is 1. The number of imidazole rings is 1. The number of hydrogen-bond acceptors (Lipinski definition) is 8. The van der Waals surface area contributed by atoms with E-state index in [9.17, 15) is 27.7 Å². The number of anilines is 1. The van der Waals surface area contributed by atoms with E-state index < -0.39 is 38.8 Å². The molecule has 0 bridgehead atoms. The van der Waals surface area contributed by atoms with E-state index in [2.05, 4.69) is 19.4 Å². The number of pyridine rings is 1. The highest BCUT2D eigenvalue weighted by Crippen LogP contribution is 2.40. The van der Waals surface area contributed by atoms with E-state index in [1.807, 2.05) is 6.20 Å². The number of hydrogen-bond donors (Lipinski definition) is 1. The quantitative estimate of drug-likeness (QED) is 0.447. The summed E-state index contributed by atoms with van der Waals surface area (Å²) in [6.07, 6.45) is 4.10. The minimum atomic E-state index is -3.04. The Bertz CT molecular complexity index is 1340. The van der Waals surface area contributed by atoms with Gasteiger partial charge in [0.1, 0.15) is 0 Å². The van der Waals surface area contributed by atoms with E-state index in [-0.39, 0.29) is 12.2 Å². The highest BCUT2D eigenvalue weighted by Gasteiger charge is 2.25. The van der Waals surface area contributed by atoms with Crippen LogP contribution in [0.15, 0.2) is 41.0 Å². The lowest BCUT2D eigenvalue weighted by Gasteiger charge is -2.06. The summed E-state index contributed by atoms with van der Waals surface area (Å²) in [7, 11) is -3.04. The van der Waals surface area contributed by atoms with E-state index in [1.165, 1.54) is 12.1 Å². The van der Waals surface area contributed by atoms with Crippen LogP contribution in [0.3, 0.4) is 0 Å². The van der Waals surface area contributed by atoms with Crippen LogP contribution >= 0.6 is 0 Å². The van der Waals surface area contributed by atoms with Crippen molar-refractivity contribution < 1.29 is 27.3 Å². The third kappa shape index (κ3) is 4.66. The number of halogens is 1. The third-order valence-electron chi connectivity index (χ3n) is 4.60. The van der Waals surface area contributed by atoms with Crippen LogP contribution < -0.4 is 10.1 Å². The van der Waals surface area contributed by atoms with Crippen molar-refractivity contribution in [3.05, 3.63) is 63.8 Å². The molecule has 160 valence electrons. The molecular formula is C18H14FN5O6S. The van der Waals surface area contributed by atoms with Crippen molar-refractivity contribution in [3.63, 3.8) is 0 Å². The lowest BCUT2D eigenvalue weighted by molar-refractivity contribution is -0.385. The van der Waals surface area contributed by atoms with Gasteiger partial charge in [-0.15, -0.1) is 0 Å². The van der Waals surface area contributed by atoms with Gasteiger partial charge in [0.05, 0.1) is 17.2 Å². The Kier molecular flexibility index (Phi) is 5.33. The first-order valence-corrected chi connectivity index (χ1v) is 10.1. The van der Waals surface area contributed by atoms with Crippen LogP contribution in [0, 0.1) is 15.9 Å². The van der Waals surface area contributed by atoms with Crippen molar-refractivity contribution in [2.24, 2.45) is 4.36 Å². The standard InChI is InChI=1S/C18H14FN5O6S/c19-14-5-11(10-1-2-10)8-23-9-13(21-17(14)23)7-20-12-3-4-16(15(6-12)24(26)27)30-18(25)22-31(28)29/h3-6,8-10,20H,1-2,7H2. The van der Waals surface area contributed by atoms with Crippen LogP contribution in [0.5, 0.6) is 5.75 Å². The predicted octanol–water partition coefficient (Wildman–Crippen LogP) is 3.43. The normalized spacial score (nSPS) is 13.1. The van der Waals surface area contributed by atoms with Crippen molar-refractivity contribution >= 4 is 33.6 Å². The molecule has 1 amide bonds. The smallest absolute Gasteiger partial charge is 0.401 e. The molecule has 1 saturated carbocycles. The van der Waals surface area contributed by atoms with Gasteiger partial charge in [-0.25, -0.2) is 14.2 Å². The molecule has 11 nitrogen and oxygen atoms in total. The molecule has 31 heavy (non-hydrogen) atoms. The summed E-state index contributed by atoms with van der Waals surface area (Å²) in [5.41, 5.74) is 1.37. The highest BCUT2D eigenvalue weighted by molar-refractivity contribution is 7.62. The number of carbonyl (C=O) groups is 1. The average molecular weight is 447 g/mol. The second-order valence-electron chi connectivity index (χ2n) is 6.83. The lowest BCUT2D eigenvalue weighted by Crippen LogP contribution is -2.05. The number of ether oxygens (including phenoxy) is 1. The maximum Gasteiger partial charge on any atom is 0.454 e. The molecule has 1 aliphatic rings. The number of carbonyl (C=O) groups excluding carboxylic acids is 1. The van der Waals surface area contributed by atoms with Gasteiger partial charge in [-0.3, -0.25) is 10.1 Å². The first kappa shape index (κ1) is 20.4. The SMILES string of the molecule is O=C(N=S(=O)=O)Oc1ccc(NCc2cn3cc(C4CC4)cc(F)c3n2)cc1[N+](=O)[O-]. The topological polar surface area (TPSA) is 145 Å². The Morgan fingerprint density at radius 2 is 2.13 bits per heavy atom. The van der Waals surface area contributed by atoms with Crippen LogP contribution in [0.4, 0.5) is 20.6 Å². The zero-order chi connectivity index (χ0) is 22.1. The van der Waals surface area contributed by atoms with Gasteiger partial charge in [0.25, 0.3) is 0 Å². The second-order valence-corrected chi connectivity index (χ2v) is 7.45. The molecule has 0 aliphatic heterocycles. The first-order valence-electron chi connectivity index (χ1n) is 9.02. The molecule has 1 fully saturated rings. The van der Waals surface area contributed by atoms with Crippen molar-refractivity contribution in [2.75, 3.05) is 5.32 Å². The van der Waals surface area contributed by atoms with Gasteiger partial charge in [0.2, 0.25) is 5.75 Å². The molecule has 0 atom stereocenters. The number of fused-ring (bicyclic) bond motifs is 1. The fraction of sp³-hybridized carbons (Fsp3) is 0.222. The maximum absolute atomic E-state index is 14.3. The first-order chi connectivity index (χ1) is 14.8. The number of nitro benzene ring substituents is 1. The monoisotopic (exact) mass is 447 g/mol. The number of nitrogens with zero attached hydrogens (tertiary/aromatic N) is 4. The summed E-state index contributed by atoms with van der Waals surface area (Å²) in [5, 5.41) is 14.2. The van der Waals surface area contributed by atoms with Crippen molar-refractivity contribution in [2.45, 2.75) is 25.3 Å². The summed E-state index contributed by atoms with van der Waals surface area (Å²) in [4.78, 5) is 26.0. The van der Waals surface area contributed by atoms with Crippen LogP contribution in [-0.4, -0.2) is 28.8 Å². The van der Waals surface area contributed by atoms with E-state index in [1.54, 1.807) is 10.6 Å². The third-order valence-corrected chi connectivity index (χ3v) is 4.90. The lowest BCUT2D eigenvalue weighted by atomic mass is 10.2. The average Bonchev–Trinajstić information content (AvgIpc) is 3.46. The maximum atomic E-state index is 14.3. The molecule has 0 saturated heterocycles. The Hall–Kier alpha value is -3.87. The summed E-state index contributed by atoms with van der Waals surface area (Å²) in [6, 6.07) is 5.13. The minimum Gasteiger partial charge on any atom is -0.401 e. The molecule has 2 heterocycles. The van der Waals surface area contributed by atoms with Crippen molar-refractivity contribution in [1.29, 1.82) is 0 Å². The van der Waals surface area contributed by atoms with Gasteiger partial charge < -0.3 is 14.5 Å². The molecule has 0 spiro atoms. The zero-order valence-corrected chi connectivity index (χ0v) is 16.5. The van der Waals surface area contributed by atoms with Gasteiger partial charge >= 0.3 is 22.3 Å². The minimum absolute atomic E-state index is 0.153. The Balaban J connectivity index is 1.52. The summed E-state index contributed by atoms with van der Waals surface area (Å²) >= 11 is 0. The molecule has 1 aromatic carbocycles. The van der Waals surface area contributed by atoms with E-state index in [4.69, 9.17) is 0 Å². The fourth-order valence-electron chi connectivity index (χ4n) is 3.08. The highest BCUT2D eigenvalue weighted by atomic mass is 32.2. The van der Waals surface area contributed by atoms with E-state index in [0.717, 1.165) is 30.5 Å². The van der Waals surface area contributed by atoms with Gasteiger partial charge in [-0.05, 0) is 42.5 Å². The molecule has 1 N–H and O–H groups in total. The predicted molar refractivity (Wildman–Crippen MR) is 105 cm³/mol. The molecule has 0 radical (unpaired) electrons. The van der Waals surface area contributed by atoms with Gasteiger partial charge in [0.15, 0.2) is 11.5 Å². The number of amides is 1. The Morgan fingerprint density at radius 3 is 2.81 bits per heavy atom. The molecule has 13 heteroatoms. The molecule has 4 rings (SSSR count). The molecular weight excluding hydrogens is 433 g/mol. The molecule has 0 unspecified atom stereocenters. The molecule has 3 aromatic rings. The van der Waals surface area contributed by atoms with Crippen LogP contribution in [0.1, 0.15) is 30.0 Å². The van der Waals surface area contributed by atoms with Gasteiger partial charge in [-0.1, -0.05) is 4.36 Å². The number of nitro groups is 1. The number of benzene rings is 1. The van der Waals surface area contributed by atoms with Crippen molar-refractivity contribution in [3.8, 4) is 5.75 Å². The largest absolute Gasteiger partial charge is 0.454 e. The second kappa shape index (κ2) is 8.10.